The molecule has 31 heavy (non-hydrogen) atoms. The summed E-state index contributed by atoms with van der Waals surface area (Å²) in [6.45, 7) is 2.33. The summed E-state index contributed by atoms with van der Waals surface area (Å²) in [5.74, 6) is -1.20. The smallest absolute Gasteiger partial charge is 0.263 e. The average molecular weight is 426 g/mol. The summed E-state index contributed by atoms with van der Waals surface area (Å²) in [7, 11) is 0. The van der Waals surface area contributed by atoms with Crippen molar-refractivity contribution in [2.24, 2.45) is 0 Å². The number of hydrogen-bond donors (Lipinski definition) is 2. The number of nitrogens with two attached hydrogens (primary N) is 1. The van der Waals surface area contributed by atoms with Crippen LogP contribution in [-0.2, 0) is 9.53 Å². The lowest BCUT2D eigenvalue weighted by Crippen LogP contribution is -2.60. The van der Waals surface area contributed by atoms with Crippen molar-refractivity contribution < 1.29 is 18.7 Å². The third-order valence-corrected chi connectivity index (χ3v) is 5.42. The molecule has 12 heteroatoms. The minimum Gasteiger partial charge on any atom is -0.381 e. The average Bonchev–Trinajstić information content (AvgIpc) is 3.09. The van der Waals surface area contributed by atoms with Crippen molar-refractivity contribution in [3.8, 4) is 0 Å². The van der Waals surface area contributed by atoms with Gasteiger partial charge >= 0.3 is 0 Å². The molecule has 1 unspecified atom stereocenters. The van der Waals surface area contributed by atoms with Gasteiger partial charge in [-0.15, -0.1) is 5.10 Å². The molecule has 160 valence electrons. The van der Waals surface area contributed by atoms with E-state index < -0.39 is 11.7 Å². The fourth-order valence-electron chi connectivity index (χ4n) is 4.00. The highest BCUT2D eigenvalue weighted by molar-refractivity contribution is 6.12. The van der Waals surface area contributed by atoms with Crippen molar-refractivity contribution in [1.29, 1.82) is 0 Å². The zero-order valence-corrected chi connectivity index (χ0v) is 16.4. The van der Waals surface area contributed by atoms with E-state index in [9.17, 15) is 14.0 Å². The maximum Gasteiger partial charge on any atom is 0.263 e. The van der Waals surface area contributed by atoms with Crippen molar-refractivity contribution >= 4 is 34.7 Å². The first-order valence-corrected chi connectivity index (χ1v) is 9.68. The van der Waals surface area contributed by atoms with Crippen LogP contribution < -0.4 is 16.0 Å². The zero-order valence-electron chi connectivity index (χ0n) is 16.4. The Morgan fingerprint density at radius 1 is 1.32 bits per heavy atom. The summed E-state index contributed by atoms with van der Waals surface area (Å²) < 4.78 is 19.9. The highest BCUT2D eigenvalue weighted by Crippen LogP contribution is 2.29. The fourth-order valence-corrected chi connectivity index (χ4v) is 4.00. The standard InChI is InChI=1S/C19H19FN8O3/c20-11-5-23-18-16(17(21)25-28(18)7-11)19(30)24-13-6-22-2-1-14(13)26-3-4-27-12(8-26)9-31-10-15(27)29/h1-2,5-7,12H,3-4,8-10H2,(H2,21,25)(H,24,30). The summed E-state index contributed by atoms with van der Waals surface area (Å²) in [5.41, 5.74) is 7.32. The Bertz CT molecular complexity index is 1180. The molecule has 2 aliphatic heterocycles. The molecule has 3 aromatic heterocycles. The van der Waals surface area contributed by atoms with Crippen LogP contribution in [0.15, 0.2) is 30.9 Å². The molecular formula is C19H19FN8O3. The van der Waals surface area contributed by atoms with E-state index in [1.54, 1.807) is 12.3 Å². The van der Waals surface area contributed by atoms with Crippen molar-refractivity contribution in [3.05, 3.63) is 42.2 Å². The first-order valence-electron chi connectivity index (χ1n) is 9.68. The van der Waals surface area contributed by atoms with Gasteiger partial charge in [-0.05, 0) is 6.07 Å². The molecule has 5 rings (SSSR count). The number of nitrogens with one attached hydrogen (secondary N) is 1. The lowest BCUT2D eigenvalue weighted by molar-refractivity contribution is -0.148. The second-order valence-corrected chi connectivity index (χ2v) is 7.35. The first kappa shape index (κ1) is 19.2. The number of pyridine rings is 1. The molecule has 0 aromatic carbocycles. The molecule has 3 aromatic rings. The molecule has 1 atom stereocenters. The highest BCUT2D eigenvalue weighted by Gasteiger charge is 2.34. The van der Waals surface area contributed by atoms with Gasteiger partial charge in [0, 0.05) is 25.8 Å². The molecule has 0 bridgehead atoms. The quantitative estimate of drug-likeness (QED) is 0.605. The Kier molecular flexibility index (Phi) is 4.62. The van der Waals surface area contributed by atoms with Crippen LogP contribution in [0.5, 0.6) is 0 Å². The number of amides is 2. The van der Waals surface area contributed by atoms with E-state index >= 15 is 0 Å². The maximum atomic E-state index is 13.4. The minimum absolute atomic E-state index is 0.00773. The number of fused-ring (bicyclic) bond motifs is 2. The second kappa shape index (κ2) is 7.47. The molecule has 5 heterocycles. The van der Waals surface area contributed by atoms with Gasteiger partial charge < -0.3 is 25.6 Å². The Balaban J connectivity index is 1.41. The summed E-state index contributed by atoms with van der Waals surface area (Å²) in [6.07, 6.45) is 5.26. The highest BCUT2D eigenvalue weighted by atomic mass is 19.1. The van der Waals surface area contributed by atoms with E-state index in [2.05, 4.69) is 25.3 Å². The van der Waals surface area contributed by atoms with E-state index in [1.165, 1.54) is 6.20 Å². The normalized spacial score (nSPS) is 18.9. The number of hydrogen-bond acceptors (Lipinski definition) is 8. The number of halogens is 1. The van der Waals surface area contributed by atoms with Crippen LogP contribution in [0.3, 0.4) is 0 Å². The van der Waals surface area contributed by atoms with E-state index in [1.807, 2.05) is 4.90 Å². The third kappa shape index (κ3) is 3.40. The number of rotatable bonds is 3. The summed E-state index contributed by atoms with van der Waals surface area (Å²) in [6, 6.07) is 1.74. The van der Waals surface area contributed by atoms with Crippen LogP contribution in [-0.4, -0.2) is 75.2 Å². The van der Waals surface area contributed by atoms with Gasteiger partial charge in [0.1, 0.15) is 12.2 Å². The van der Waals surface area contributed by atoms with Gasteiger partial charge in [0.15, 0.2) is 17.3 Å². The number of piperazine rings is 1. The lowest BCUT2D eigenvalue weighted by atomic mass is 10.1. The topological polar surface area (TPSA) is 131 Å². The molecular weight excluding hydrogens is 407 g/mol. The third-order valence-electron chi connectivity index (χ3n) is 5.42. The molecule has 2 saturated heterocycles. The predicted molar refractivity (Wildman–Crippen MR) is 108 cm³/mol. The fraction of sp³-hybridized carbons (Fsp3) is 0.316. The number of nitrogens with zero attached hydrogens (tertiary/aromatic N) is 6. The Morgan fingerprint density at radius 3 is 3.06 bits per heavy atom. The predicted octanol–water partition coefficient (Wildman–Crippen LogP) is 0.145. The van der Waals surface area contributed by atoms with Crippen LogP contribution in [0.1, 0.15) is 10.4 Å². The largest absolute Gasteiger partial charge is 0.381 e. The maximum absolute atomic E-state index is 13.4. The number of morpholine rings is 1. The van der Waals surface area contributed by atoms with E-state index in [4.69, 9.17) is 10.5 Å². The van der Waals surface area contributed by atoms with Crippen molar-refractivity contribution in [2.75, 3.05) is 48.8 Å². The molecule has 0 spiro atoms. The molecule has 2 fully saturated rings. The van der Waals surface area contributed by atoms with Gasteiger partial charge in [-0.3, -0.25) is 14.6 Å². The van der Waals surface area contributed by atoms with Gasteiger partial charge in [0.25, 0.3) is 5.91 Å². The van der Waals surface area contributed by atoms with Crippen LogP contribution in [0.25, 0.3) is 5.65 Å². The minimum atomic E-state index is -0.596. The Labute approximate surface area is 175 Å². The van der Waals surface area contributed by atoms with E-state index in [0.717, 1.165) is 22.6 Å². The number of carbonyl (C=O) groups excluding carboxylic acids is 2. The number of nitrogen functional groups attached to an aromatic ring is 1. The van der Waals surface area contributed by atoms with Gasteiger partial charge in [-0.1, -0.05) is 0 Å². The molecule has 0 radical (unpaired) electrons. The lowest BCUT2D eigenvalue weighted by Gasteiger charge is -2.44. The summed E-state index contributed by atoms with van der Waals surface area (Å²) in [5, 5.41) is 6.77. The molecule has 3 N–H and O–H groups in total. The number of ether oxygens (including phenoxy) is 1. The molecule has 2 aliphatic rings. The monoisotopic (exact) mass is 426 g/mol. The van der Waals surface area contributed by atoms with Gasteiger partial charge in [0.05, 0.1) is 42.6 Å². The second-order valence-electron chi connectivity index (χ2n) is 7.35. The molecule has 0 aliphatic carbocycles. The van der Waals surface area contributed by atoms with Gasteiger partial charge in [0.2, 0.25) is 5.91 Å². The first-order chi connectivity index (χ1) is 15.0. The Hall–Kier alpha value is -3.80. The molecule has 2 amide bonds. The van der Waals surface area contributed by atoms with Crippen molar-refractivity contribution in [3.63, 3.8) is 0 Å². The number of anilines is 3. The van der Waals surface area contributed by atoms with E-state index in [0.29, 0.717) is 31.9 Å². The number of carbonyl (C=O) groups is 2. The van der Waals surface area contributed by atoms with E-state index in [-0.39, 0.29) is 35.6 Å². The van der Waals surface area contributed by atoms with Crippen molar-refractivity contribution in [2.45, 2.75) is 6.04 Å². The molecule has 0 saturated carbocycles. The summed E-state index contributed by atoms with van der Waals surface area (Å²) in [4.78, 5) is 37.0. The van der Waals surface area contributed by atoms with Gasteiger partial charge in [-0.2, -0.15) is 0 Å². The van der Waals surface area contributed by atoms with Crippen LogP contribution in [0.2, 0.25) is 0 Å². The van der Waals surface area contributed by atoms with Crippen LogP contribution >= 0.6 is 0 Å². The summed E-state index contributed by atoms with van der Waals surface area (Å²) >= 11 is 0. The van der Waals surface area contributed by atoms with Crippen LogP contribution in [0, 0.1) is 5.82 Å². The molecule has 11 nitrogen and oxygen atoms in total. The number of aromatic nitrogens is 4. The Morgan fingerprint density at radius 2 is 2.19 bits per heavy atom. The van der Waals surface area contributed by atoms with Crippen molar-refractivity contribution in [1.82, 2.24) is 24.5 Å². The zero-order chi connectivity index (χ0) is 21.5. The van der Waals surface area contributed by atoms with Crippen LogP contribution in [0.4, 0.5) is 21.6 Å². The SMILES string of the molecule is Nc1nn2cc(F)cnc2c1C(=O)Nc1cnccc1N1CCN2C(=O)COCC2C1. The van der Waals surface area contributed by atoms with Gasteiger partial charge in [-0.25, -0.2) is 13.9 Å².